The van der Waals surface area contributed by atoms with Gasteiger partial charge in [0.2, 0.25) is 0 Å². The molecular formula is C22H20FN5O2. The molecule has 0 spiro atoms. The van der Waals surface area contributed by atoms with Gasteiger partial charge in [-0.15, -0.1) is 5.10 Å². The summed E-state index contributed by atoms with van der Waals surface area (Å²) in [4.78, 5) is 12.9. The normalized spacial score (nSPS) is 10.8. The van der Waals surface area contributed by atoms with Crippen LogP contribution in [-0.4, -0.2) is 32.6 Å². The number of nitrogens with one attached hydrogen (secondary N) is 1. The number of hydrogen-bond donors (Lipinski definition) is 1. The number of aryl methyl sites for hydroxylation is 1. The van der Waals surface area contributed by atoms with Gasteiger partial charge in [-0.05, 0) is 54.4 Å². The molecule has 2 aromatic carbocycles. The van der Waals surface area contributed by atoms with E-state index in [0.717, 1.165) is 16.9 Å². The molecule has 0 radical (unpaired) electrons. The molecule has 0 fully saturated rings. The van der Waals surface area contributed by atoms with Crippen LogP contribution in [0.1, 0.15) is 21.6 Å². The zero-order valence-electron chi connectivity index (χ0n) is 16.5. The van der Waals surface area contributed by atoms with Gasteiger partial charge in [-0.25, -0.2) is 9.07 Å². The van der Waals surface area contributed by atoms with Crippen LogP contribution in [0, 0.1) is 12.7 Å². The third kappa shape index (κ3) is 3.93. The van der Waals surface area contributed by atoms with Crippen molar-refractivity contribution in [2.45, 2.75) is 13.5 Å². The van der Waals surface area contributed by atoms with Gasteiger partial charge in [0.15, 0.2) is 11.5 Å². The van der Waals surface area contributed by atoms with Crippen molar-refractivity contribution in [1.82, 2.24) is 19.6 Å². The van der Waals surface area contributed by atoms with Crippen LogP contribution in [0.2, 0.25) is 0 Å². The maximum absolute atomic E-state index is 14.2. The van der Waals surface area contributed by atoms with E-state index in [4.69, 9.17) is 4.74 Å². The fraction of sp³-hybridized carbons (Fsp3) is 0.136. The highest BCUT2D eigenvalue weighted by molar-refractivity contribution is 6.05. The topological polar surface area (TPSA) is 74.0 Å². The monoisotopic (exact) mass is 405 g/mol. The van der Waals surface area contributed by atoms with Gasteiger partial charge in [-0.1, -0.05) is 23.4 Å². The van der Waals surface area contributed by atoms with E-state index in [-0.39, 0.29) is 11.4 Å². The number of hydrogen-bond acceptors (Lipinski definition) is 4. The Bertz CT molecular complexity index is 1170. The van der Waals surface area contributed by atoms with Crippen LogP contribution in [0.5, 0.6) is 5.75 Å². The number of halogens is 1. The van der Waals surface area contributed by atoms with Crippen molar-refractivity contribution < 1.29 is 13.9 Å². The van der Waals surface area contributed by atoms with Crippen LogP contribution in [0.25, 0.3) is 5.82 Å². The molecule has 0 saturated heterocycles. The van der Waals surface area contributed by atoms with Gasteiger partial charge < -0.3 is 14.6 Å². The highest BCUT2D eigenvalue weighted by Gasteiger charge is 2.22. The molecule has 0 aliphatic rings. The Labute approximate surface area is 172 Å². The molecule has 1 N–H and O–H groups in total. The number of carbonyl (C=O) groups excluding carboxylic acids is 1. The number of aromatic nitrogens is 4. The summed E-state index contributed by atoms with van der Waals surface area (Å²) < 4.78 is 22.8. The molecule has 4 aromatic rings. The van der Waals surface area contributed by atoms with Crippen LogP contribution < -0.4 is 10.1 Å². The molecule has 0 aliphatic carbocycles. The lowest BCUT2D eigenvalue weighted by Crippen LogP contribution is -2.17. The Morgan fingerprint density at radius 2 is 1.87 bits per heavy atom. The van der Waals surface area contributed by atoms with E-state index in [0.29, 0.717) is 12.4 Å². The Hall–Kier alpha value is -3.94. The summed E-state index contributed by atoms with van der Waals surface area (Å²) in [5, 5.41) is 10.8. The number of benzene rings is 2. The summed E-state index contributed by atoms with van der Waals surface area (Å²) in [5.74, 6) is 0.197. The molecule has 2 aromatic heterocycles. The largest absolute Gasteiger partial charge is 0.497 e. The van der Waals surface area contributed by atoms with Crippen LogP contribution in [0.4, 0.5) is 10.1 Å². The zero-order chi connectivity index (χ0) is 21.1. The van der Waals surface area contributed by atoms with Crippen LogP contribution in [-0.2, 0) is 6.54 Å². The minimum Gasteiger partial charge on any atom is -0.497 e. The summed E-state index contributed by atoms with van der Waals surface area (Å²) in [5.41, 5.74) is 1.92. The van der Waals surface area contributed by atoms with Crippen LogP contribution in [0.3, 0.4) is 0 Å². The number of nitrogens with zero attached hydrogens (tertiary/aromatic N) is 4. The van der Waals surface area contributed by atoms with E-state index in [1.165, 1.54) is 12.1 Å². The fourth-order valence-corrected chi connectivity index (χ4v) is 3.10. The van der Waals surface area contributed by atoms with Crippen molar-refractivity contribution in [2.75, 3.05) is 12.4 Å². The van der Waals surface area contributed by atoms with Crippen molar-refractivity contribution in [2.24, 2.45) is 0 Å². The number of anilines is 1. The van der Waals surface area contributed by atoms with E-state index in [2.05, 4.69) is 15.6 Å². The SMILES string of the molecule is COc1ccc(Cn2nnc(C(=O)Nc3ccc(C)cc3F)c2-n2cccc2)cc1. The molecule has 0 bridgehead atoms. The average Bonchev–Trinajstić information content (AvgIpc) is 3.40. The molecule has 0 unspecified atom stereocenters. The molecule has 0 saturated carbocycles. The molecular weight excluding hydrogens is 385 g/mol. The molecule has 2 heterocycles. The lowest BCUT2D eigenvalue weighted by Gasteiger charge is -2.10. The lowest BCUT2D eigenvalue weighted by molar-refractivity contribution is 0.102. The first-order chi connectivity index (χ1) is 14.5. The van der Waals surface area contributed by atoms with Gasteiger partial charge in [0, 0.05) is 12.4 Å². The highest BCUT2D eigenvalue weighted by Crippen LogP contribution is 2.20. The predicted octanol–water partition coefficient (Wildman–Crippen LogP) is 3.83. The number of rotatable bonds is 6. The average molecular weight is 405 g/mol. The number of carbonyl (C=O) groups is 1. The van der Waals surface area contributed by atoms with E-state index < -0.39 is 11.7 Å². The summed E-state index contributed by atoms with van der Waals surface area (Å²) in [6, 6.07) is 15.8. The molecule has 4 rings (SSSR count). The smallest absolute Gasteiger partial charge is 0.280 e. The standard InChI is InChI=1S/C22H20FN5O2/c1-15-5-10-19(18(23)13-15)24-21(29)20-22(27-11-3-4-12-27)28(26-25-20)14-16-6-8-17(30-2)9-7-16/h3-13H,14H2,1-2H3,(H,24,29). The minimum atomic E-state index is -0.539. The fourth-order valence-electron chi connectivity index (χ4n) is 3.10. The Morgan fingerprint density at radius 3 is 2.53 bits per heavy atom. The molecule has 0 atom stereocenters. The number of amides is 1. The summed E-state index contributed by atoms with van der Waals surface area (Å²) in [7, 11) is 1.61. The van der Waals surface area contributed by atoms with Crippen molar-refractivity contribution in [3.8, 4) is 11.6 Å². The summed E-state index contributed by atoms with van der Waals surface area (Å²) in [6.07, 6.45) is 3.60. The second-order valence-corrected chi connectivity index (χ2v) is 6.80. The number of ether oxygens (including phenoxy) is 1. The highest BCUT2D eigenvalue weighted by atomic mass is 19.1. The van der Waals surface area contributed by atoms with Crippen LogP contribution in [0.15, 0.2) is 67.0 Å². The van der Waals surface area contributed by atoms with Gasteiger partial charge in [0.25, 0.3) is 5.91 Å². The Balaban J connectivity index is 1.67. The summed E-state index contributed by atoms with van der Waals surface area (Å²) >= 11 is 0. The second kappa shape index (κ2) is 8.20. The van der Waals surface area contributed by atoms with E-state index in [1.54, 1.807) is 41.7 Å². The maximum Gasteiger partial charge on any atom is 0.280 e. The first-order valence-electron chi connectivity index (χ1n) is 9.32. The van der Waals surface area contributed by atoms with Gasteiger partial charge in [0.05, 0.1) is 19.3 Å². The van der Waals surface area contributed by atoms with Crippen molar-refractivity contribution in [3.05, 3.63) is 89.6 Å². The van der Waals surface area contributed by atoms with Gasteiger partial charge >= 0.3 is 0 Å². The maximum atomic E-state index is 14.2. The molecule has 152 valence electrons. The second-order valence-electron chi connectivity index (χ2n) is 6.80. The molecule has 1 amide bonds. The van der Waals surface area contributed by atoms with Crippen molar-refractivity contribution >= 4 is 11.6 Å². The Morgan fingerprint density at radius 1 is 1.13 bits per heavy atom. The zero-order valence-corrected chi connectivity index (χ0v) is 16.5. The van der Waals surface area contributed by atoms with Gasteiger partial charge in [-0.2, -0.15) is 0 Å². The third-order valence-electron chi connectivity index (χ3n) is 4.64. The van der Waals surface area contributed by atoms with Crippen molar-refractivity contribution in [1.29, 1.82) is 0 Å². The number of methoxy groups -OCH3 is 1. The van der Waals surface area contributed by atoms with Crippen LogP contribution >= 0.6 is 0 Å². The lowest BCUT2D eigenvalue weighted by atomic mass is 10.2. The Kier molecular flexibility index (Phi) is 5.30. The quantitative estimate of drug-likeness (QED) is 0.529. The van der Waals surface area contributed by atoms with E-state index in [9.17, 15) is 9.18 Å². The first-order valence-corrected chi connectivity index (χ1v) is 9.32. The summed E-state index contributed by atoms with van der Waals surface area (Å²) in [6.45, 7) is 2.18. The van der Waals surface area contributed by atoms with Gasteiger partial charge in [-0.3, -0.25) is 4.79 Å². The minimum absolute atomic E-state index is 0.0914. The molecule has 0 aliphatic heterocycles. The van der Waals surface area contributed by atoms with E-state index >= 15 is 0 Å². The van der Waals surface area contributed by atoms with Gasteiger partial charge in [0.1, 0.15) is 11.6 Å². The van der Waals surface area contributed by atoms with E-state index in [1.807, 2.05) is 36.4 Å². The molecule has 30 heavy (non-hydrogen) atoms. The molecule has 8 heteroatoms. The predicted molar refractivity (Wildman–Crippen MR) is 111 cm³/mol. The first kappa shape index (κ1) is 19.4. The van der Waals surface area contributed by atoms with Crippen molar-refractivity contribution in [3.63, 3.8) is 0 Å². The third-order valence-corrected chi connectivity index (χ3v) is 4.64. The molecule has 7 nitrogen and oxygen atoms in total.